The van der Waals surface area contributed by atoms with Gasteiger partial charge in [0.2, 0.25) is 0 Å². The molecular formula is C10H6Cl2N2O2. The average molecular weight is 257 g/mol. The van der Waals surface area contributed by atoms with Gasteiger partial charge in [0.05, 0.1) is 16.0 Å². The van der Waals surface area contributed by atoms with Crippen molar-refractivity contribution in [1.29, 1.82) is 5.26 Å². The Hall–Kier alpha value is -1.57. The maximum absolute atomic E-state index is 10.6. The highest BCUT2D eigenvalue weighted by Crippen LogP contribution is 2.29. The van der Waals surface area contributed by atoms with Gasteiger partial charge >= 0.3 is 0 Å². The SMILES string of the molecule is C/C(C#N)=C(/Cl)c1cc(Cl)cc([N+](=O)[O-])c1. The average Bonchev–Trinajstić information content (AvgIpc) is 2.26. The first-order valence-corrected chi connectivity index (χ1v) is 4.93. The molecule has 16 heavy (non-hydrogen) atoms. The van der Waals surface area contributed by atoms with Crippen molar-refractivity contribution in [1.82, 2.24) is 0 Å². The minimum absolute atomic E-state index is 0.160. The van der Waals surface area contributed by atoms with Crippen molar-refractivity contribution < 1.29 is 4.92 Å². The number of allylic oxidation sites excluding steroid dienone is 1. The van der Waals surface area contributed by atoms with Crippen LogP contribution in [0.15, 0.2) is 23.8 Å². The van der Waals surface area contributed by atoms with Crippen molar-refractivity contribution in [3.8, 4) is 6.07 Å². The van der Waals surface area contributed by atoms with Crippen LogP contribution in [0.1, 0.15) is 12.5 Å². The molecule has 0 N–H and O–H groups in total. The van der Waals surface area contributed by atoms with Crippen LogP contribution >= 0.6 is 23.2 Å². The predicted octanol–water partition coefficient (Wildman–Crippen LogP) is 3.74. The van der Waals surface area contributed by atoms with Gasteiger partial charge in [-0.1, -0.05) is 23.2 Å². The van der Waals surface area contributed by atoms with Crippen molar-refractivity contribution in [2.24, 2.45) is 0 Å². The summed E-state index contributed by atoms with van der Waals surface area (Å²) in [4.78, 5) is 10.0. The Bertz CT molecular complexity index is 518. The normalized spacial score (nSPS) is 11.6. The third-order valence-electron chi connectivity index (χ3n) is 1.84. The summed E-state index contributed by atoms with van der Waals surface area (Å²) >= 11 is 11.6. The highest BCUT2D eigenvalue weighted by atomic mass is 35.5. The topological polar surface area (TPSA) is 66.9 Å². The summed E-state index contributed by atoms with van der Waals surface area (Å²) in [6.45, 7) is 1.52. The van der Waals surface area contributed by atoms with Crippen molar-refractivity contribution in [2.75, 3.05) is 0 Å². The van der Waals surface area contributed by atoms with Crippen LogP contribution in [0.4, 0.5) is 5.69 Å². The van der Waals surface area contributed by atoms with Gasteiger partial charge in [0, 0.05) is 28.3 Å². The Morgan fingerprint density at radius 1 is 1.50 bits per heavy atom. The van der Waals surface area contributed by atoms with E-state index in [1.807, 2.05) is 6.07 Å². The van der Waals surface area contributed by atoms with Crippen molar-refractivity contribution in [2.45, 2.75) is 6.92 Å². The molecule has 0 aliphatic rings. The van der Waals surface area contributed by atoms with E-state index in [4.69, 9.17) is 28.5 Å². The summed E-state index contributed by atoms with van der Waals surface area (Å²) in [6.07, 6.45) is 0. The highest BCUT2D eigenvalue weighted by Gasteiger charge is 2.12. The largest absolute Gasteiger partial charge is 0.271 e. The van der Waals surface area contributed by atoms with E-state index in [1.54, 1.807) is 0 Å². The van der Waals surface area contributed by atoms with Gasteiger partial charge in [0.1, 0.15) is 0 Å². The molecule has 0 fully saturated rings. The second kappa shape index (κ2) is 4.97. The Balaban J connectivity index is 3.37. The number of nitro benzene ring substituents is 1. The molecule has 0 spiro atoms. The molecule has 0 aliphatic heterocycles. The standard InChI is InChI=1S/C10H6Cl2N2O2/c1-6(5-13)10(12)7-2-8(11)4-9(3-7)14(15)16/h2-4H,1H3/b10-6-. The van der Waals surface area contributed by atoms with E-state index in [9.17, 15) is 10.1 Å². The van der Waals surface area contributed by atoms with Crippen molar-refractivity contribution >= 4 is 33.9 Å². The first-order chi connectivity index (χ1) is 7.45. The molecule has 0 saturated heterocycles. The second-order valence-corrected chi connectivity index (χ2v) is 3.82. The molecule has 0 aromatic heterocycles. The fraction of sp³-hybridized carbons (Fsp3) is 0.100. The molecule has 1 aromatic rings. The zero-order valence-electron chi connectivity index (χ0n) is 8.20. The van der Waals surface area contributed by atoms with Gasteiger partial charge in [-0.3, -0.25) is 10.1 Å². The summed E-state index contributed by atoms with van der Waals surface area (Å²) in [7, 11) is 0. The summed E-state index contributed by atoms with van der Waals surface area (Å²) in [5, 5.41) is 19.6. The maximum atomic E-state index is 10.6. The maximum Gasteiger partial charge on any atom is 0.271 e. The van der Waals surface area contributed by atoms with Crippen LogP contribution in [0.2, 0.25) is 5.02 Å². The Labute approximate surface area is 102 Å². The monoisotopic (exact) mass is 256 g/mol. The molecule has 0 heterocycles. The van der Waals surface area contributed by atoms with Crippen LogP contribution in [0, 0.1) is 21.4 Å². The number of nitriles is 1. The van der Waals surface area contributed by atoms with Gasteiger partial charge in [-0.25, -0.2) is 0 Å². The van der Waals surface area contributed by atoms with Crippen LogP contribution in [-0.4, -0.2) is 4.92 Å². The minimum Gasteiger partial charge on any atom is -0.258 e. The molecule has 0 bridgehead atoms. The molecule has 6 heteroatoms. The molecule has 0 saturated carbocycles. The number of nitrogens with zero attached hydrogens (tertiary/aromatic N) is 2. The highest BCUT2D eigenvalue weighted by molar-refractivity contribution is 6.49. The zero-order valence-corrected chi connectivity index (χ0v) is 9.71. The number of rotatable bonds is 2. The minimum atomic E-state index is -0.568. The number of halogens is 2. The molecule has 0 atom stereocenters. The van der Waals surface area contributed by atoms with Gasteiger partial charge in [0.15, 0.2) is 0 Å². The second-order valence-electron chi connectivity index (χ2n) is 3.01. The summed E-state index contributed by atoms with van der Waals surface area (Å²) < 4.78 is 0. The lowest BCUT2D eigenvalue weighted by molar-refractivity contribution is -0.384. The van der Waals surface area contributed by atoms with E-state index in [0.717, 1.165) is 0 Å². The summed E-state index contributed by atoms with van der Waals surface area (Å²) in [5.41, 5.74) is 0.476. The zero-order chi connectivity index (χ0) is 12.3. The van der Waals surface area contributed by atoms with Gasteiger partial charge in [-0.15, -0.1) is 0 Å². The summed E-state index contributed by atoms with van der Waals surface area (Å²) in [6, 6.07) is 5.83. The van der Waals surface area contributed by atoms with Crippen molar-refractivity contribution in [3.05, 3.63) is 44.5 Å². The third kappa shape index (κ3) is 2.72. The van der Waals surface area contributed by atoms with E-state index in [1.165, 1.54) is 25.1 Å². The lowest BCUT2D eigenvalue weighted by atomic mass is 10.1. The lowest BCUT2D eigenvalue weighted by Gasteiger charge is -2.01. The predicted molar refractivity (Wildman–Crippen MR) is 62.2 cm³/mol. The fourth-order valence-electron chi connectivity index (χ4n) is 1.07. The van der Waals surface area contributed by atoms with Crippen molar-refractivity contribution in [3.63, 3.8) is 0 Å². The molecule has 82 valence electrons. The number of benzene rings is 1. The number of hydrogen-bond donors (Lipinski definition) is 0. The van der Waals surface area contributed by atoms with E-state index >= 15 is 0 Å². The third-order valence-corrected chi connectivity index (χ3v) is 2.56. The van der Waals surface area contributed by atoms with Gasteiger partial charge in [0.25, 0.3) is 5.69 Å². The molecule has 1 aromatic carbocycles. The van der Waals surface area contributed by atoms with Crippen LogP contribution in [-0.2, 0) is 0 Å². The Morgan fingerprint density at radius 2 is 2.12 bits per heavy atom. The number of hydrogen-bond acceptors (Lipinski definition) is 3. The van der Waals surface area contributed by atoms with Gasteiger partial charge < -0.3 is 0 Å². The number of nitro groups is 1. The molecule has 0 amide bonds. The van der Waals surface area contributed by atoms with Crippen LogP contribution < -0.4 is 0 Å². The van der Waals surface area contributed by atoms with E-state index in [2.05, 4.69) is 0 Å². The van der Waals surface area contributed by atoms with Crippen LogP contribution in [0.3, 0.4) is 0 Å². The smallest absolute Gasteiger partial charge is 0.258 e. The fourth-order valence-corrected chi connectivity index (χ4v) is 1.45. The van der Waals surface area contributed by atoms with Crippen LogP contribution in [0.25, 0.3) is 5.03 Å². The Kier molecular flexibility index (Phi) is 3.88. The molecular weight excluding hydrogens is 251 g/mol. The molecule has 0 radical (unpaired) electrons. The first kappa shape index (κ1) is 12.5. The first-order valence-electron chi connectivity index (χ1n) is 4.17. The molecule has 1 rings (SSSR count). The number of non-ortho nitro benzene ring substituents is 1. The quantitative estimate of drug-likeness (QED) is 0.460. The Morgan fingerprint density at radius 3 is 2.62 bits per heavy atom. The molecule has 4 nitrogen and oxygen atoms in total. The lowest BCUT2D eigenvalue weighted by Crippen LogP contribution is -1.90. The summed E-state index contributed by atoms with van der Waals surface area (Å²) in [5.74, 6) is 0. The van der Waals surface area contributed by atoms with Gasteiger partial charge in [-0.2, -0.15) is 5.26 Å². The molecule has 0 unspecified atom stereocenters. The van der Waals surface area contributed by atoms with Gasteiger partial charge in [-0.05, 0) is 13.0 Å². The molecule has 0 aliphatic carbocycles. The van der Waals surface area contributed by atoms with E-state index in [0.29, 0.717) is 5.56 Å². The van der Waals surface area contributed by atoms with E-state index < -0.39 is 4.92 Å². The van der Waals surface area contributed by atoms with E-state index in [-0.39, 0.29) is 21.3 Å². The van der Waals surface area contributed by atoms with Crippen LogP contribution in [0.5, 0.6) is 0 Å².